The number of alkyl halides is 3. The first kappa shape index (κ1) is 24.8. The highest BCUT2D eigenvalue weighted by atomic mass is 35.5. The molecule has 0 spiro atoms. The SMILES string of the molecule is CCC(Oc1ncccc1Oc1cc(-n2c(=O)cc(C(F)(F)F)[nH]c2=O)c(F)cc1Cl)C(=O)O. The summed E-state index contributed by atoms with van der Waals surface area (Å²) in [5.41, 5.74) is -5.36. The van der Waals surface area contributed by atoms with Crippen molar-refractivity contribution < 1.29 is 36.9 Å². The van der Waals surface area contributed by atoms with Crippen LogP contribution >= 0.6 is 11.6 Å². The number of hydrogen-bond acceptors (Lipinski definition) is 6. The van der Waals surface area contributed by atoms with Crippen LogP contribution in [0, 0.1) is 5.82 Å². The Hall–Kier alpha value is -3.87. The van der Waals surface area contributed by atoms with Crippen molar-refractivity contribution in [1.29, 1.82) is 0 Å². The van der Waals surface area contributed by atoms with Crippen LogP contribution in [-0.2, 0) is 11.0 Å². The van der Waals surface area contributed by atoms with Gasteiger partial charge in [0.2, 0.25) is 0 Å². The number of rotatable bonds is 7. The first-order chi connectivity index (χ1) is 15.9. The van der Waals surface area contributed by atoms with Crippen molar-refractivity contribution in [2.75, 3.05) is 0 Å². The Kier molecular flexibility index (Phi) is 6.96. The maximum atomic E-state index is 14.6. The first-order valence-electron chi connectivity index (χ1n) is 9.37. The summed E-state index contributed by atoms with van der Waals surface area (Å²) in [5.74, 6) is -3.18. The fourth-order valence-electron chi connectivity index (χ4n) is 2.75. The van der Waals surface area contributed by atoms with Gasteiger partial charge >= 0.3 is 17.8 Å². The second-order valence-corrected chi connectivity index (χ2v) is 7.06. The number of aromatic nitrogens is 3. The van der Waals surface area contributed by atoms with Crippen molar-refractivity contribution in [3.63, 3.8) is 0 Å². The first-order valence-corrected chi connectivity index (χ1v) is 9.75. The molecular formula is C20H14ClF4N3O6. The maximum absolute atomic E-state index is 14.6. The minimum absolute atomic E-state index is 0.0897. The molecule has 3 aromatic rings. The van der Waals surface area contributed by atoms with E-state index in [1.54, 1.807) is 6.92 Å². The Bertz CT molecular complexity index is 1320. The van der Waals surface area contributed by atoms with Gasteiger partial charge in [0.05, 0.1) is 10.7 Å². The number of nitrogens with zero attached hydrogens (tertiary/aromatic N) is 2. The average Bonchev–Trinajstić information content (AvgIpc) is 2.74. The lowest BCUT2D eigenvalue weighted by molar-refractivity contribution is -0.145. The van der Waals surface area contributed by atoms with Gasteiger partial charge in [-0.05, 0) is 24.6 Å². The molecule has 2 heterocycles. The quantitative estimate of drug-likeness (QED) is 0.470. The molecule has 0 saturated heterocycles. The summed E-state index contributed by atoms with van der Waals surface area (Å²) >= 11 is 6.00. The molecule has 2 N–H and O–H groups in total. The smallest absolute Gasteiger partial charge is 0.431 e. The third kappa shape index (κ3) is 5.20. The van der Waals surface area contributed by atoms with Gasteiger partial charge < -0.3 is 19.6 Å². The number of ether oxygens (including phenoxy) is 2. The highest BCUT2D eigenvalue weighted by Gasteiger charge is 2.33. The molecule has 34 heavy (non-hydrogen) atoms. The summed E-state index contributed by atoms with van der Waals surface area (Å²) in [7, 11) is 0. The van der Waals surface area contributed by atoms with Crippen molar-refractivity contribution in [3.05, 3.63) is 73.9 Å². The number of hydrogen-bond donors (Lipinski definition) is 2. The van der Waals surface area contributed by atoms with E-state index < -0.39 is 46.7 Å². The van der Waals surface area contributed by atoms with Crippen LogP contribution in [0.25, 0.3) is 5.69 Å². The summed E-state index contributed by atoms with van der Waals surface area (Å²) in [6.07, 6.45) is -4.89. The summed E-state index contributed by atoms with van der Waals surface area (Å²) in [5, 5.41) is 8.85. The second kappa shape index (κ2) is 9.55. The lowest BCUT2D eigenvalue weighted by Gasteiger charge is -2.16. The van der Waals surface area contributed by atoms with Gasteiger partial charge in [0.15, 0.2) is 11.9 Å². The van der Waals surface area contributed by atoms with Crippen LogP contribution in [0.2, 0.25) is 5.02 Å². The van der Waals surface area contributed by atoms with Gasteiger partial charge in [0.1, 0.15) is 17.3 Å². The summed E-state index contributed by atoms with van der Waals surface area (Å²) < 4.78 is 64.1. The van der Waals surface area contributed by atoms with Gasteiger partial charge in [-0.1, -0.05) is 18.5 Å². The fourth-order valence-corrected chi connectivity index (χ4v) is 2.94. The normalized spacial score (nSPS) is 12.3. The van der Waals surface area contributed by atoms with Gasteiger partial charge in [-0.25, -0.2) is 23.5 Å². The van der Waals surface area contributed by atoms with Gasteiger partial charge in [-0.2, -0.15) is 13.2 Å². The zero-order valence-corrected chi connectivity index (χ0v) is 17.8. The topological polar surface area (TPSA) is 124 Å². The van der Waals surface area contributed by atoms with E-state index in [1.807, 2.05) is 0 Å². The number of aliphatic carboxylic acids is 1. The van der Waals surface area contributed by atoms with Crippen LogP contribution < -0.4 is 20.7 Å². The molecule has 0 saturated carbocycles. The molecule has 1 atom stereocenters. The number of nitrogens with one attached hydrogen (secondary N) is 1. The molecule has 0 radical (unpaired) electrons. The Morgan fingerprint density at radius 1 is 1.26 bits per heavy atom. The standard InChI is InChI=1S/C20H14ClF4N3O6/c1-2-12(18(30)31)34-17-13(4-3-5-26-17)33-14-7-11(10(22)6-9(14)21)28-16(29)8-15(20(23,24)25)27-19(28)32/h3-8,12H,2H2,1H3,(H,27,32)(H,30,31). The molecule has 3 rings (SSSR count). The molecule has 0 bridgehead atoms. The predicted octanol–water partition coefficient (Wildman–Crippen LogP) is 3.77. The van der Waals surface area contributed by atoms with Crippen molar-refractivity contribution in [2.24, 2.45) is 0 Å². The fraction of sp³-hybridized carbons (Fsp3) is 0.200. The minimum Gasteiger partial charge on any atom is -0.479 e. The third-order valence-corrected chi connectivity index (χ3v) is 4.63. The van der Waals surface area contributed by atoms with Crippen molar-refractivity contribution in [2.45, 2.75) is 25.6 Å². The zero-order chi connectivity index (χ0) is 25.2. The Morgan fingerprint density at radius 2 is 1.97 bits per heavy atom. The maximum Gasteiger partial charge on any atom is 0.431 e. The molecule has 0 fully saturated rings. The molecule has 0 aliphatic rings. The molecule has 2 aromatic heterocycles. The Morgan fingerprint density at radius 3 is 2.56 bits per heavy atom. The van der Waals surface area contributed by atoms with Crippen LogP contribution in [0.4, 0.5) is 17.6 Å². The molecule has 0 aliphatic heterocycles. The molecular weight excluding hydrogens is 490 g/mol. The number of carboxylic acids is 1. The largest absolute Gasteiger partial charge is 0.479 e. The number of pyridine rings is 1. The van der Waals surface area contributed by atoms with Gasteiger partial charge in [-0.15, -0.1) is 0 Å². The van der Waals surface area contributed by atoms with E-state index in [9.17, 15) is 37.1 Å². The second-order valence-electron chi connectivity index (χ2n) is 6.66. The molecule has 1 aromatic carbocycles. The van der Waals surface area contributed by atoms with Crippen LogP contribution in [-0.4, -0.2) is 31.7 Å². The lowest BCUT2D eigenvalue weighted by atomic mass is 10.2. The molecule has 0 aliphatic carbocycles. The van der Waals surface area contributed by atoms with Crippen molar-refractivity contribution in [1.82, 2.24) is 14.5 Å². The Labute approximate surface area is 192 Å². The van der Waals surface area contributed by atoms with Gasteiger partial charge in [-0.3, -0.25) is 4.79 Å². The predicted molar refractivity (Wildman–Crippen MR) is 109 cm³/mol. The van der Waals surface area contributed by atoms with Crippen LogP contribution in [0.3, 0.4) is 0 Å². The van der Waals surface area contributed by atoms with E-state index in [0.29, 0.717) is 6.07 Å². The van der Waals surface area contributed by atoms with Crippen molar-refractivity contribution >= 4 is 17.6 Å². The highest BCUT2D eigenvalue weighted by Crippen LogP contribution is 2.36. The highest BCUT2D eigenvalue weighted by molar-refractivity contribution is 6.32. The molecule has 0 amide bonds. The molecule has 9 nitrogen and oxygen atoms in total. The van der Waals surface area contributed by atoms with Crippen LogP contribution in [0.5, 0.6) is 17.4 Å². The van der Waals surface area contributed by atoms with Gasteiger partial charge in [0.25, 0.3) is 11.4 Å². The number of halogens is 5. The van der Waals surface area contributed by atoms with Crippen LogP contribution in [0.1, 0.15) is 19.0 Å². The van der Waals surface area contributed by atoms with E-state index in [4.69, 9.17) is 21.1 Å². The third-order valence-electron chi connectivity index (χ3n) is 4.34. The molecule has 14 heteroatoms. The monoisotopic (exact) mass is 503 g/mol. The minimum atomic E-state index is -5.01. The van der Waals surface area contributed by atoms with E-state index >= 15 is 0 Å². The zero-order valence-electron chi connectivity index (χ0n) is 17.0. The molecule has 1 unspecified atom stereocenters. The van der Waals surface area contributed by atoms with E-state index in [-0.39, 0.29) is 39.5 Å². The summed E-state index contributed by atoms with van der Waals surface area (Å²) in [6, 6.07) is 4.33. The molecule has 180 valence electrons. The number of carboxylic acid groups (broad SMARTS) is 1. The van der Waals surface area contributed by atoms with E-state index in [0.717, 1.165) is 6.07 Å². The summed E-state index contributed by atoms with van der Waals surface area (Å²) in [4.78, 5) is 41.0. The van der Waals surface area contributed by atoms with Crippen molar-refractivity contribution in [3.8, 4) is 23.1 Å². The van der Waals surface area contributed by atoms with Crippen LogP contribution in [0.15, 0.2) is 46.1 Å². The van der Waals surface area contributed by atoms with E-state index in [1.165, 1.54) is 23.3 Å². The number of benzene rings is 1. The lowest BCUT2D eigenvalue weighted by Crippen LogP contribution is -2.36. The average molecular weight is 504 g/mol. The summed E-state index contributed by atoms with van der Waals surface area (Å²) in [6.45, 7) is 1.56. The number of carbonyl (C=O) groups is 1. The Balaban J connectivity index is 2.07. The van der Waals surface area contributed by atoms with Gasteiger partial charge in [0, 0.05) is 18.3 Å². The number of H-pyrrole nitrogens is 1. The van der Waals surface area contributed by atoms with E-state index in [2.05, 4.69) is 4.98 Å². The number of aromatic amines is 1.